The predicted octanol–water partition coefficient (Wildman–Crippen LogP) is 4.50. The molecule has 6 rings (SSSR count). The Morgan fingerprint density at radius 1 is 0.977 bits per heavy atom. The summed E-state index contributed by atoms with van der Waals surface area (Å²) in [6.07, 6.45) is 8.30. The second kappa shape index (κ2) is 12.6. The highest BCUT2D eigenvalue weighted by molar-refractivity contribution is 7.92. The molecule has 9 nitrogen and oxygen atoms in total. The first-order valence-corrected chi connectivity index (χ1v) is 17.0. The first-order valence-electron chi connectivity index (χ1n) is 15.2. The first kappa shape index (κ1) is 29.5. The van der Waals surface area contributed by atoms with Gasteiger partial charge in [-0.15, -0.1) is 0 Å². The number of piperazine rings is 1. The van der Waals surface area contributed by atoms with Gasteiger partial charge in [0.05, 0.1) is 29.0 Å². The summed E-state index contributed by atoms with van der Waals surface area (Å²) in [7, 11) is -3.46. The average molecular weight is 606 g/mol. The summed E-state index contributed by atoms with van der Waals surface area (Å²) < 4.78 is 41.8. The number of piperidine rings is 1. The normalized spacial score (nSPS) is 18.2. The number of rotatable bonds is 9. The minimum Gasteiger partial charge on any atom is -0.369 e. The number of nitrogens with one attached hydrogen (secondary N) is 2. The molecule has 1 aliphatic carbocycles. The van der Waals surface area contributed by atoms with E-state index in [1.54, 1.807) is 24.3 Å². The van der Waals surface area contributed by atoms with Crippen molar-refractivity contribution < 1.29 is 12.8 Å². The zero-order valence-corrected chi connectivity index (χ0v) is 25.7. The van der Waals surface area contributed by atoms with Crippen LogP contribution in [-0.4, -0.2) is 86.3 Å². The highest BCUT2D eigenvalue weighted by Crippen LogP contribution is 2.32. The largest absolute Gasteiger partial charge is 0.369 e. The van der Waals surface area contributed by atoms with E-state index in [2.05, 4.69) is 31.7 Å². The van der Waals surface area contributed by atoms with Crippen molar-refractivity contribution in [3.8, 4) is 0 Å². The summed E-state index contributed by atoms with van der Waals surface area (Å²) in [6.45, 7) is 9.61. The molecule has 3 aliphatic rings. The van der Waals surface area contributed by atoms with E-state index in [0.717, 1.165) is 81.7 Å². The third-order valence-electron chi connectivity index (χ3n) is 8.69. The molecule has 1 aromatic heterocycles. The fourth-order valence-corrected chi connectivity index (χ4v) is 6.96. The third kappa shape index (κ3) is 7.00. The summed E-state index contributed by atoms with van der Waals surface area (Å²) in [5, 5.41) is 3.30. The van der Waals surface area contributed by atoms with Gasteiger partial charge in [-0.25, -0.2) is 22.8 Å². The molecule has 0 radical (unpaired) electrons. The Labute approximate surface area is 253 Å². The van der Waals surface area contributed by atoms with Gasteiger partial charge < -0.3 is 15.1 Å². The Morgan fingerprint density at radius 2 is 1.72 bits per heavy atom. The van der Waals surface area contributed by atoms with Crippen LogP contribution in [0.4, 0.5) is 27.3 Å². The van der Waals surface area contributed by atoms with Crippen LogP contribution in [0.5, 0.6) is 0 Å². The Kier molecular flexibility index (Phi) is 8.65. The van der Waals surface area contributed by atoms with E-state index in [9.17, 15) is 8.42 Å². The number of halogens is 1. The predicted molar refractivity (Wildman–Crippen MR) is 171 cm³/mol. The van der Waals surface area contributed by atoms with Crippen LogP contribution >= 0.6 is 0 Å². The van der Waals surface area contributed by atoms with Crippen LogP contribution < -0.4 is 14.9 Å². The number of aromatic nitrogens is 2. The van der Waals surface area contributed by atoms with E-state index in [1.165, 1.54) is 0 Å². The van der Waals surface area contributed by atoms with Crippen molar-refractivity contribution >= 4 is 39.0 Å². The molecular formula is C32H40FN7O2S. The lowest BCUT2D eigenvalue weighted by Gasteiger charge is -2.43. The van der Waals surface area contributed by atoms with E-state index in [-0.39, 0.29) is 5.82 Å². The fourth-order valence-electron chi connectivity index (χ4n) is 6.38. The van der Waals surface area contributed by atoms with Crippen molar-refractivity contribution in [1.29, 1.82) is 0 Å². The zero-order chi connectivity index (χ0) is 30.0. The number of para-hydroxylation sites is 2. The van der Waals surface area contributed by atoms with E-state index in [4.69, 9.17) is 9.97 Å². The number of likely N-dealkylation sites (N-methyl/N-ethyl adjacent to an activating group) is 1. The SMILES string of the molecule is CCN1CCN(C2CCN(c3ccc(Cc4nc5c(c(Nc6ccccc6NS(C)(=O)=O)n4)C=CC5)cc3F)CC2)CC1. The smallest absolute Gasteiger partial charge is 0.229 e. The van der Waals surface area contributed by atoms with Gasteiger partial charge in [-0.2, -0.15) is 0 Å². The van der Waals surface area contributed by atoms with Gasteiger partial charge in [0.2, 0.25) is 10.0 Å². The number of nitrogens with zero attached hydrogens (tertiary/aromatic N) is 5. The van der Waals surface area contributed by atoms with Crippen molar-refractivity contribution in [2.45, 2.75) is 38.6 Å². The van der Waals surface area contributed by atoms with Gasteiger partial charge in [-0.05, 0) is 49.2 Å². The molecule has 2 fully saturated rings. The molecule has 0 unspecified atom stereocenters. The van der Waals surface area contributed by atoms with Gasteiger partial charge in [0.25, 0.3) is 0 Å². The lowest BCUT2D eigenvalue weighted by Crippen LogP contribution is -2.53. The first-order chi connectivity index (χ1) is 20.8. The van der Waals surface area contributed by atoms with Crippen LogP contribution in [-0.2, 0) is 22.9 Å². The monoisotopic (exact) mass is 605 g/mol. The van der Waals surface area contributed by atoms with Crippen LogP contribution in [0.3, 0.4) is 0 Å². The van der Waals surface area contributed by atoms with E-state index in [0.29, 0.717) is 47.6 Å². The Hall–Kier alpha value is -3.54. The molecule has 0 amide bonds. The molecule has 43 heavy (non-hydrogen) atoms. The minimum atomic E-state index is -3.46. The molecule has 2 saturated heterocycles. The molecule has 228 valence electrons. The number of sulfonamides is 1. The Bertz CT molecular complexity index is 1600. The maximum absolute atomic E-state index is 15.5. The van der Waals surface area contributed by atoms with Crippen LogP contribution in [0.1, 0.15) is 42.4 Å². The highest BCUT2D eigenvalue weighted by atomic mass is 32.2. The van der Waals surface area contributed by atoms with Crippen molar-refractivity contribution in [1.82, 2.24) is 19.8 Å². The molecule has 0 bridgehead atoms. The number of anilines is 4. The average Bonchev–Trinajstić information content (AvgIpc) is 3.47. The van der Waals surface area contributed by atoms with Crippen LogP contribution in [0.25, 0.3) is 6.08 Å². The third-order valence-corrected chi connectivity index (χ3v) is 9.28. The Morgan fingerprint density at radius 3 is 2.42 bits per heavy atom. The molecule has 0 saturated carbocycles. The van der Waals surface area contributed by atoms with Gasteiger partial charge in [-0.3, -0.25) is 9.62 Å². The van der Waals surface area contributed by atoms with Gasteiger partial charge in [0, 0.05) is 63.7 Å². The standard InChI is InChI=1S/C32H40FN7O2S/c1-3-38-17-19-39(20-18-38)24-13-15-40(16-14-24)30-12-11-23(21-26(30)33)22-31-34-27-10-6-7-25(27)32(36-31)35-28-8-4-5-9-29(28)37-43(2,41)42/h4-9,11-12,21,24,37H,3,10,13-20,22H2,1-2H3,(H,34,35,36). The van der Waals surface area contributed by atoms with Crippen molar-refractivity contribution in [3.05, 3.63) is 77.0 Å². The van der Waals surface area contributed by atoms with Crippen molar-refractivity contribution in [2.24, 2.45) is 0 Å². The maximum atomic E-state index is 15.5. The summed E-state index contributed by atoms with van der Waals surface area (Å²) >= 11 is 0. The summed E-state index contributed by atoms with van der Waals surface area (Å²) in [6, 6.07) is 13.1. The molecule has 2 aromatic carbocycles. The summed E-state index contributed by atoms with van der Waals surface area (Å²) in [4.78, 5) is 16.9. The molecule has 0 atom stereocenters. The quantitative estimate of drug-likeness (QED) is 0.369. The van der Waals surface area contributed by atoms with Crippen molar-refractivity contribution in [3.63, 3.8) is 0 Å². The van der Waals surface area contributed by atoms with Crippen LogP contribution in [0.15, 0.2) is 48.5 Å². The second-order valence-corrected chi connectivity index (χ2v) is 13.4. The maximum Gasteiger partial charge on any atom is 0.229 e. The lowest BCUT2D eigenvalue weighted by atomic mass is 10.0. The lowest BCUT2D eigenvalue weighted by molar-refractivity contribution is 0.0878. The molecule has 2 aliphatic heterocycles. The number of hydrogen-bond acceptors (Lipinski definition) is 8. The number of benzene rings is 2. The number of hydrogen-bond donors (Lipinski definition) is 2. The van der Waals surface area contributed by atoms with Gasteiger partial charge in [0.15, 0.2) is 0 Å². The van der Waals surface area contributed by atoms with E-state index >= 15 is 4.39 Å². The van der Waals surface area contributed by atoms with E-state index < -0.39 is 10.0 Å². The van der Waals surface area contributed by atoms with Crippen molar-refractivity contribution in [2.75, 3.05) is 67.0 Å². The fraction of sp³-hybridized carbons (Fsp3) is 0.438. The van der Waals surface area contributed by atoms with Gasteiger partial charge >= 0.3 is 0 Å². The topological polar surface area (TPSA) is 93.7 Å². The molecule has 11 heteroatoms. The molecular weight excluding hydrogens is 565 g/mol. The van der Waals surface area contributed by atoms with Gasteiger partial charge in [-0.1, -0.05) is 37.3 Å². The van der Waals surface area contributed by atoms with Crippen LogP contribution in [0.2, 0.25) is 0 Å². The minimum absolute atomic E-state index is 0.213. The summed E-state index contributed by atoms with van der Waals surface area (Å²) in [5.41, 5.74) is 4.24. The number of fused-ring (bicyclic) bond motifs is 1. The molecule has 3 aromatic rings. The molecule has 2 N–H and O–H groups in total. The number of allylic oxidation sites excluding steroid dienone is 1. The van der Waals surface area contributed by atoms with E-state index in [1.807, 2.05) is 30.4 Å². The zero-order valence-electron chi connectivity index (χ0n) is 24.9. The Balaban J connectivity index is 1.14. The second-order valence-electron chi connectivity index (χ2n) is 11.7. The highest BCUT2D eigenvalue weighted by Gasteiger charge is 2.28. The molecule has 3 heterocycles. The molecule has 0 spiro atoms. The summed E-state index contributed by atoms with van der Waals surface area (Å²) in [5.74, 6) is 0.955. The van der Waals surface area contributed by atoms with Gasteiger partial charge in [0.1, 0.15) is 17.5 Å². The van der Waals surface area contributed by atoms with Crippen LogP contribution in [0, 0.1) is 5.82 Å².